The van der Waals surface area contributed by atoms with Gasteiger partial charge >= 0.3 is 12.0 Å². The Labute approximate surface area is 381 Å². The van der Waals surface area contributed by atoms with Gasteiger partial charge in [-0.15, -0.1) is 0 Å². The molecular weight excluding hydrogens is 849 g/mol. The molecule has 0 aliphatic carbocycles. The van der Waals surface area contributed by atoms with Crippen LogP contribution in [0.5, 0.6) is 0 Å². The van der Waals surface area contributed by atoms with E-state index in [2.05, 4.69) is 40.7 Å². The van der Waals surface area contributed by atoms with Crippen molar-refractivity contribution in [1.82, 2.24) is 44.4 Å². The topological polar surface area (TPSA) is 231 Å². The lowest BCUT2D eigenvalue weighted by Gasteiger charge is -2.36. The molecule has 7 heterocycles. The molecule has 2 N–H and O–H groups in total. The maximum absolute atomic E-state index is 13.5. The number of hydrogen-bond donors (Lipinski definition) is 2. The fraction of sp³-hybridized carbons (Fsp3) is 0.457. The van der Waals surface area contributed by atoms with E-state index in [0.29, 0.717) is 91.9 Å². The molecule has 3 aliphatic rings. The van der Waals surface area contributed by atoms with Gasteiger partial charge in [-0.2, -0.15) is 10.1 Å². The minimum Gasteiger partial charge on any atom is -0.443 e. The maximum atomic E-state index is 13.5. The zero-order valence-electron chi connectivity index (χ0n) is 38.0. The fourth-order valence-electron chi connectivity index (χ4n) is 8.45. The third-order valence-electron chi connectivity index (χ3n) is 12.0. The van der Waals surface area contributed by atoms with E-state index < -0.39 is 42.0 Å². The Balaban J connectivity index is 0.770. The van der Waals surface area contributed by atoms with E-state index in [4.69, 9.17) is 9.26 Å². The number of urea groups is 1. The van der Waals surface area contributed by atoms with Crippen LogP contribution in [0.3, 0.4) is 0 Å². The third-order valence-corrected chi connectivity index (χ3v) is 12.0. The lowest BCUT2D eigenvalue weighted by Crippen LogP contribution is -2.55. The van der Waals surface area contributed by atoms with E-state index in [0.717, 1.165) is 27.4 Å². The number of amides is 6. The van der Waals surface area contributed by atoms with Crippen molar-refractivity contribution < 1.29 is 38.0 Å². The number of hydrogen-bond acceptors (Lipinski definition) is 14. The summed E-state index contributed by atoms with van der Waals surface area (Å²) in [7, 11) is 0. The second-order valence-corrected chi connectivity index (χ2v) is 18.2. The smallest absolute Gasteiger partial charge is 0.323 e. The standard InChI is InChI=1S/C46H54N12O8/c1-27(2)40-33(24-47-35-15-16-49-58(35)40)51-45(64)50-30-21-28(3)39(48-23-30)41-52-36(66-53-41)9-7-8-10-37(59)55-19-17-54(18-20-55)31-11-12-32-29(22-31)25-56(42(32)61)34-13-14-38(60)57(43(34)62)26-65-44(63)46(4,5)6/h11-12,15-16,21-24,27,34H,7-10,13-14,17-20,25-26H2,1-6H3,(H2,50,51,64). The SMILES string of the molecule is Cc1cc(NC(=O)Nc2cnc3ccnn3c2C(C)C)cnc1-c1noc(CCCCC(=O)N2CCN(c3ccc4c(c3)CN(C3CCC(=O)N(COC(=O)C(C)(C)C)C3=O)C4=O)CC2)n1. The molecule has 8 rings (SSSR count). The van der Waals surface area contributed by atoms with Gasteiger partial charge in [-0.05, 0) is 88.3 Å². The molecule has 0 spiro atoms. The first-order valence-corrected chi connectivity index (χ1v) is 22.2. The zero-order valence-corrected chi connectivity index (χ0v) is 38.0. The first-order valence-electron chi connectivity index (χ1n) is 22.2. The molecule has 0 bridgehead atoms. The largest absolute Gasteiger partial charge is 0.443 e. The Morgan fingerprint density at radius 2 is 1.76 bits per heavy atom. The number of imide groups is 1. The van der Waals surface area contributed by atoms with E-state index >= 15 is 0 Å². The van der Waals surface area contributed by atoms with Gasteiger partial charge in [0.15, 0.2) is 12.4 Å². The van der Waals surface area contributed by atoms with Crippen LogP contribution in [-0.4, -0.2) is 119 Å². The molecule has 1 atom stereocenters. The Hall–Kier alpha value is -7.25. The highest BCUT2D eigenvalue weighted by Crippen LogP contribution is 2.33. The van der Waals surface area contributed by atoms with Crippen molar-refractivity contribution in [3.8, 4) is 11.5 Å². The van der Waals surface area contributed by atoms with Gasteiger partial charge in [0.1, 0.15) is 11.7 Å². The first kappa shape index (κ1) is 45.3. The van der Waals surface area contributed by atoms with Crippen LogP contribution in [0.1, 0.15) is 106 Å². The maximum Gasteiger partial charge on any atom is 0.323 e. The Bertz CT molecular complexity index is 2700. The summed E-state index contributed by atoms with van der Waals surface area (Å²) < 4.78 is 12.5. The number of piperidine rings is 1. The van der Waals surface area contributed by atoms with Crippen LogP contribution < -0.4 is 15.5 Å². The van der Waals surface area contributed by atoms with Crippen LogP contribution in [0.15, 0.2) is 53.4 Å². The van der Waals surface area contributed by atoms with Gasteiger partial charge in [0.2, 0.25) is 23.5 Å². The molecule has 2 saturated heterocycles. The van der Waals surface area contributed by atoms with Crippen molar-refractivity contribution >= 4 is 58.3 Å². The average molecular weight is 903 g/mol. The lowest BCUT2D eigenvalue weighted by molar-refractivity contribution is -0.168. The molecule has 6 amide bonds. The Kier molecular flexibility index (Phi) is 12.8. The second-order valence-electron chi connectivity index (χ2n) is 18.2. The molecule has 5 aromatic rings. The van der Waals surface area contributed by atoms with Crippen LogP contribution in [0.25, 0.3) is 17.2 Å². The summed E-state index contributed by atoms with van der Waals surface area (Å²) in [5.74, 6) is -0.869. The molecule has 1 aromatic carbocycles. The van der Waals surface area contributed by atoms with Crippen LogP contribution in [-0.2, 0) is 36.9 Å². The zero-order chi connectivity index (χ0) is 46.9. The number of esters is 1. The highest BCUT2D eigenvalue weighted by atomic mass is 16.5. The molecule has 2 fully saturated rings. The van der Waals surface area contributed by atoms with Crippen molar-refractivity contribution in [2.24, 2.45) is 5.41 Å². The van der Waals surface area contributed by atoms with Gasteiger partial charge in [-0.1, -0.05) is 19.0 Å². The van der Waals surface area contributed by atoms with Crippen molar-refractivity contribution in [1.29, 1.82) is 0 Å². The summed E-state index contributed by atoms with van der Waals surface area (Å²) in [6.45, 7) is 13.0. The van der Waals surface area contributed by atoms with Gasteiger partial charge in [0.25, 0.3) is 11.8 Å². The van der Waals surface area contributed by atoms with Crippen LogP contribution >= 0.6 is 0 Å². The number of carbonyl (C=O) groups is 6. The van der Waals surface area contributed by atoms with Crippen LogP contribution in [0.4, 0.5) is 21.9 Å². The molecule has 20 heteroatoms. The number of aryl methyl sites for hydroxylation is 2. The highest BCUT2D eigenvalue weighted by molar-refractivity contribution is 6.05. The number of nitrogens with one attached hydrogen (secondary N) is 2. The van der Waals surface area contributed by atoms with Gasteiger partial charge in [0.05, 0.1) is 41.1 Å². The number of fused-ring (bicyclic) bond motifs is 2. The number of likely N-dealkylation sites (tertiary alicyclic amines) is 1. The van der Waals surface area contributed by atoms with E-state index in [9.17, 15) is 28.8 Å². The normalized spacial score (nSPS) is 16.7. The predicted molar refractivity (Wildman–Crippen MR) is 240 cm³/mol. The number of nitrogens with zero attached hydrogens (tertiary/aromatic N) is 10. The minimum atomic E-state index is -0.843. The quantitative estimate of drug-likeness (QED) is 0.0865. The lowest BCUT2D eigenvalue weighted by atomic mass is 9.97. The van der Waals surface area contributed by atoms with Crippen molar-refractivity contribution in [2.45, 2.75) is 98.6 Å². The van der Waals surface area contributed by atoms with Crippen LogP contribution in [0, 0.1) is 12.3 Å². The van der Waals surface area contributed by atoms with Gasteiger partial charge < -0.3 is 34.6 Å². The van der Waals surface area contributed by atoms with Crippen molar-refractivity contribution in [2.75, 3.05) is 48.4 Å². The summed E-state index contributed by atoms with van der Waals surface area (Å²) in [4.78, 5) is 98.0. The number of piperazine rings is 1. The van der Waals surface area contributed by atoms with Gasteiger partial charge in [0, 0.05) is 69.3 Å². The van der Waals surface area contributed by atoms with Crippen molar-refractivity contribution in [3.63, 3.8) is 0 Å². The number of pyridine rings is 1. The molecule has 4 aromatic heterocycles. The number of benzene rings is 1. The first-order chi connectivity index (χ1) is 31.5. The number of rotatable bonds is 13. The second kappa shape index (κ2) is 18.7. The fourth-order valence-corrected chi connectivity index (χ4v) is 8.45. The number of carbonyl (C=O) groups excluding carboxylic acids is 6. The molecule has 1 unspecified atom stereocenters. The van der Waals surface area contributed by atoms with Gasteiger partial charge in [-0.3, -0.25) is 29.0 Å². The number of ether oxygens (including phenoxy) is 1. The molecule has 0 saturated carbocycles. The van der Waals surface area contributed by atoms with E-state index in [1.165, 1.54) is 11.1 Å². The average Bonchev–Trinajstić information content (AvgIpc) is 4.03. The van der Waals surface area contributed by atoms with Gasteiger partial charge in [-0.25, -0.2) is 19.2 Å². The van der Waals surface area contributed by atoms with E-state index in [1.54, 1.807) is 55.9 Å². The molecule has 346 valence electrons. The molecule has 20 nitrogen and oxygen atoms in total. The van der Waals surface area contributed by atoms with Crippen molar-refractivity contribution in [3.05, 3.63) is 77.2 Å². The minimum absolute atomic E-state index is 0.0562. The number of anilines is 3. The molecule has 3 aliphatic heterocycles. The summed E-state index contributed by atoms with van der Waals surface area (Å²) in [6, 6.07) is 7.92. The van der Waals surface area contributed by atoms with E-state index in [1.807, 2.05) is 37.8 Å². The van der Waals surface area contributed by atoms with E-state index in [-0.39, 0.29) is 37.1 Å². The summed E-state index contributed by atoms with van der Waals surface area (Å²) in [5, 5.41) is 14.2. The predicted octanol–water partition coefficient (Wildman–Crippen LogP) is 5.33. The number of unbranched alkanes of at least 4 members (excludes halogenated alkanes) is 1. The molecule has 0 radical (unpaired) electrons. The molecular formula is C46H54N12O8. The Morgan fingerprint density at radius 1 is 0.970 bits per heavy atom. The molecule has 66 heavy (non-hydrogen) atoms. The summed E-state index contributed by atoms with van der Waals surface area (Å²) >= 11 is 0. The van der Waals surface area contributed by atoms with Crippen LogP contribution in [0.2, 0.25) is 0 Å². The third kappa shape index (κ3) is 9.57. The summed E-state index contributed by atoms with van der Waals surface area (Å²) in [5.41, 5.74) is 5.25. The highest BCUT2D eigenvalue weighted by Gasteiger charge is 2.43. The monoisotopic (exact) mass is 902 g/mol. The summed E-state index contributed by atoms with van der Waals surface area (Å²) in [6.07, 6.45) is 7.28. The number of aromatic nitrogens is 6. The Morgan fingerprint density at radius 3 is 2.50 bits per heavy atom.